The lowest BCUT2D eigenvalue weighted by Gasteiger charge is -2.22. The molecule has 0 aliphatic carbocycles. The predicted molar refractivity (Wildman–Crippen MR) is 113 cm³/mol. The maximum Gasteiger partial charge on any atom is 0.315 e. The van der Waals surface area contributed by atoms with Crippen LogP contribution in [0.15, 0.2) is 72.8 Å². The molecule has 0 saturated heterocycles. The highest BCUT2D eigenvalue weighted by Gasteiger charge is 2.24. The highest BCUT2D eigenvalue weighted by atomic mass is 16.2. The van der Waals surface area contributed by atoms with E-state index in [1.165, 1.54) is 0 Å². The van der Waals surface area contributed by atoms with Gasteiger partial charge in [-0.1, -0.05) is 74.5 Å². The monoisotopic (exact) mass is 375 g/mol. The van der Waals surface area contributed by atoms with Crippen molar-refractivity contribution >= 4 is 28.4 Å². The van der Waals surface area contributed by atoms with Gasteiger partial charge in [-0.3, -0.25) is 4.79 Å². The molecule has 0 saturated carbocycles. The second-order valence-corrected chi connectivity index (χ2v) is 7.09. The maximum atomic E-state index is 12.7. The predicted octanol–water partition coefficient (Wildman–Crippen LogP) is 4.30. The molecule has 0 radical (unpaired) electrons. The molecule has 0 fully saturated rings. The molecule has 1 unspecified atom stereocenters. The Morgan fingerprint density at radius 1 is 0.857 bits per heavy atom. The number of rotatable bonds is 6. The number of hydrogen-bond acceptors (Lipinski definition) is 2. The van der Waals surface area contributed by atoms with E-state index in [1.54, 1.807) is 0 Å². The van der Waals surface area contributed by atoms with Crippen molar-refractivity contribution < 1.29 is 9.59 Å². The Bertz CT molecular complexity index is 954. The standard InChI is InChI=1S/C23H25N3O2/c1-16(2)21(26-23(28)24-15-17-8-4-3-5-9-17)22(27)25-20-13-12-18-10-6-7-11-19(18)14-20/h3-14,16,21H,15H2,1-2H3,(H,25,27)(H2,24,26,28). The highest BCUT2D eigenvalue weighted by Crippen LogP contribution is 2.19. The van der Waals surface area contributed by atoms with E-state index in [4.69, 9.17) is 0 Å². The molecular formula is C23H25N3O2. The van der Waals surface area contributed by atoms with Crippen LogP contribution in [0.5, 0.6) is 0 Å². The second-order valence-electron chi connectivity index (χ2n) is 7.09. The van der Waals surface area contributed by atoms with Gasteiger partial charge in [-0.2, -0.15) is 0 Å². The second kappa shape index (κ2) is 9.04. The molecule has 28 heavy (non-hydrogen) atoms. The number of carbonyl (C=O) groups is 2. The minimum Gasteiger partial charge on any atom is -0.334 e. The first-order chi connectivity index (χ1) is 13.5. The summed E-state index contributed by atoms with van der Waals surface area (Å²) in [6, 6.07) is 22.4. The molecule has 3 aromatic carbocycles. The maximum absolute atomic E-state index is 12.7. The van der Waals surface area contributed by atoms with Crippen LogP contribution in [0.1, 0.15) is 19.4 Å². The summed E-state index contributed by atoms with van der Waals surface area (Å²) in [6.45, 7) is 4.22. The summed E-state index contributed by atoms with van der Waals surface area (Å²) in [4.78, 5) is 25.0. The molecule has 3 aromatic rings. The van der Waals surface area contributed by atoms with E-state index < -0.39 is 6.04 Å². The van der Waals surface area contributed by atoms with Gasteiger partial charge in [-0.25, -0.2) is 4.79 Å². The summed E-state index contributed by atoms with van der Waals surface area (Å²) in [5.74, 6) is -0.289. The number of amides is 3. The Hall–Kier alpha value is -3.34. The number of hydrogen-bond donors (Lipinski definition) is 3. The molecule has 0 aliphatic heterocycles. The molecule has 5 heteroatoms. The molecule has 5 nitrogen and oxygen atoms in total. The highest BCUT2D eigenvalue weighted by molar-refractivity contribution is 5.99. The van der Waals surface area contributed by atoms with Crippen LogP contribution in [0.3, 0.4) is 0 Å². The summed E-state index contributed by atoms with van der Waals surface area (Å²) < 4.78 is 0. The minimum absolute atomic E-state index is 0.0528. The quantitative estimate of drug-likeness (QED) is 0.601. The van der Waals surface area contributed by atoms with E-state index in [2.05, 4.69) is 16.0 Å². The molecule has 3 amide bonds. The zero-order valence-electron chi connectivity index (χ0n) is 16.1. The van der Waals surface area contributed by atoms with Crippen LogP contribution in [-0.2, 0) is 11.3 Å². The summed E-state index contributed by atoms with van der Waals surface area (Å²) in [6.07, 6.45) is 0. The summed E-state index contributed by atoms with van der Waals surface area (Å²) in [7, 11) is 0. The lowest BCUT2D eigenvalue weighted by atomic mass is 10.0. The van der Waals surface area contributed by atoms with Crippen molar-refractivity contribution in [3.05, 3.63) is 78.4 Å². The Balaban J connectivity index is 1.61. The molecule has 3 N–H and O–H groups in total. The summed E-state index contributed by atoms with van der Waals surface area (Å²) >= 11 is 0. The third kappa shape index (κ3) is 5.10. The van der Waals surface area contributed by atoms with Gasteiger partial charge in [0.2, 0.25) is 5.91 Å². The molecule has 0 bridgehead atoms. The fourth-order valence-corrected chi connectivity index (χ4v) is 2.99. The van der Waals surface area contributed by atoms with Crippen LogP contribution in [0.4, 0.5) is 10.5 Å². The van der Waals surface area contributed by atoms with Gasteiger partial charge in [0, 0.05) is 12.2 Å². The number of anilines is 1. The van der Waals surface area contributed by atoms with Crippen molar-refractivity contribution in [2.75, 3.05) is 5.32 Å². The number of nitrogens with one attached hydrogen (secondary N) is 3. The van der Waals surface area contributed by atoms with Gasteiger partial charge >= 0.3 is 6.03 Å². The molecule has 0 spiro atoms. The third-order valence-electron chi connectivity index (χ3n) is 4.55. The van der Waals surface area contributed by atoms with Crippen molar-refractivity contribution in [3.8, 4) is 0 Å². The fourth-order valence-electron chi connectivity index (χ4n) is 2.99. The fraction of sp³-hybridized carbons (Fsp3) is 0.217. The Labute approximate surface area is 165 Å². The number of fused-ring (bicyclic) bond motifs is 1. The molecular weight excluding hydrogens is 350 g/mol. The van der Waals surface area contributed by atoms with E-state index in [1.807, 2.05) is 86.6 Å². The third-order valence-corrected chi connectivity index (χ3v) is 4.55. The van der Waals surface area contributed by atoms with Crippen molar-refractivity contribution in [2.24, 2.45) is 5.92 Å². The van der Waals surface area contributed by atoms with Gasteiger partial charge in [0.1, 0.15) is 6.04 Å². The average molecular weight is 375 g/mol. The van der Waals surface area contributed by atoms with E-state index in [9.17, 15) is 9.59 Å². The topological polar surface area (TPSA) is 70.2 Å². The van der Waals surface area contributed by atoms with E-state index in [0.717, 1.165) is 16.3 Å². The first-order valence-electron chi connectivity index (χ1n) is 9.41. The zero-order chi connectivity index (χ0) is 19.9. The lowest BCUT2D eigenvalue weighted by molar-refractivity contribution is -0.118. The van der Waals surface area contributed by atoms with Crippen LogP contribution in [0, 0.1) is 5.92 Å². The molecule has 144 valence electrons. The summed E-state index contributed by atoms with van der Waals surface area (Å²) in [5.41, 5.74) is 1.71. The largest absolute Gasteiger partial charge is 0.334 e. The van der Waals surface area contributed by atoms with Gasteiger partial charge in [-0.05, 0) is 34.4 Å². The van der Waals surface area contributed by atoms with Crippen LogP contribution in [0.2, 0.25) is 0 Å². The molecule has 0 aromatic heterocycles. The zero-order valence-corrected chi connectivity index (χ0v) is 16.1. The van der Waals surface area contributed by atoms with Crippen LogP contribution in [-0.4, -0.2) is 18.0 Å². The smallest absolute Gasteiger partial charge is 0.315 e. The normalized spacial score (nSPS) is 11.8. The first-order valence-corrected chi connectivity index (χ1v) is 9.41. The van der Waals surface area contributed by atoms with Crippen LogP contribution >= 0.6 is 0 Å². The number of benzene rings is 3. The SMILES string of the molecule is CC(C)C(NC(=O)NCc1ccccc1)C(=O)Nc1ccc2ccccc2c1. The molecule has 0 heterocycles. The van der Waals surface area contributed by atoms with Gasteiger partial charge in [-0.15, -0.1) is 0 Å². The minimum atomic E-state index is -0.637. The summed E-state index contributed by atoms with van der Waals surface area (Å²) in [5, 5.41) is 10.7. The average Bonchev–Trinajstić information content (AvgIpc) is 2.71. The van der Waals surface area contributed by atoms with E-state index in [0.29, 0.717) is 12.2 Å². The van der Waals surface area contributed by atoms with Gasteiger partial charge in [0.05, 0.1) is 0 Å². The van der Waals surface area contributed by atoms with Gasteiger partial charge in [0.15, 0.2) is 0 Å². The van der Waals surface area contributed by atoms with Gasteiger partial charge < -0.3 is 16.0 Å². The Kier molecular flexibility index (Phi) is 6.27. The molecule has 3 rings (SSSR count). The molecule has 0 aliphatic rings. The first kappa shape index (κ1) is 19.4. The Morgan fingerprint density at radius 3 is 2.25 bits per heavy atom. The number of urea groups is 1. The van der Waals surface area contributed by atoms with Crippen molar-refractivity contribution in [1.82, 2.24) is 10.6 Å². The van der Waals surface area contributed by atoms with E-state index in [-0.39, 0.29) is 17.9 Å². The van der Waals surface area contributed by atoms with Crippen LogP contribution < -0.4 is 16.0 Å². The van der Waals surface area contributed by atoms with Crippen molar-refractivity contribution in [1.29, 1.82) is 0 Å². The molecule has 1 atom stereocenters. The van der Waals surface area contributed by atoms with E-state index >= 15 is 0 Å². The number of carbonyl (C=O) groups excluding carboxylic acids is 2. The Morgan fingerprint density at radius 2 is 1.54 bits per heavy atom. The van der Waals surface area contributed by atoms with Crippen molar-refractivity contribution in [3.63, 3.8) is 0 Å². The van der Waals surface area contributed by atoms with Gasteiger partial charge in [0.25, 0.3) is 0 Å². The lowest BCUT2D eigenvalue weighted by Crippen LogP contribution is -2.50. The van der Waals surface area contributed by atoms with Crippen molar-refractivity contribution in [2.45, 2.75) is 26.4 Å². The van der Waals surface area contributed by atoms with Crippen LogP contribution in [0.25, 0.3) is 10.8 Å².